The van der Waals surface area contributed by atoms with Crippen molar-refractivity contribution < 1.29 is 19.8 Å². The summed E-state index contributed by atoms with van der Waals surface area (Å²) in [4.78, 5) is 28.8. The molecule has 0 saturated heterocycles. The van der Waals surface area contributed by atoms with E-state index < -0.39 is 11.9 Å². The molecule has 0 saturated carbocycles. The van der Waals surface area contributed by atoms with E-state index in [-0.39, 0.29) is 58.1 Å². The molecule has 7 heteroatoms. The predicted octanol–water partition coefficient (Wildman–Crippen LogP) is 2.72. The van der Waals surface area contributed by atoms with Crippen molar-refractivity contribution in [1.82, 2.24) is 9.97 Å². The molecule has 0 fully saturated rings. The molecule has 0 aliphatic heterocycles. The Kier molecular flexibility index (Phi) is 12.9. The Labute approximate surface area is 194 Å². The summed E-state index contributed by atoms with van der Waals surface area (Å²) in [6, 6.07) is 21.0. The summed E-state index contributed by atoms with van der Waals surface area (Å²) in [6.45, 7) is 0. The van der Waals surface area contributed by atoms with E-state index in [1.807, 2.05) is 36.4 Å². The van der Waals surface area contributed by atoms with E-state index in [0.717, 1.165) is 10.8 Å². The van der Waals surface area contributed by atoms with Gasteiger partial charge in [0.05, 0.1) is 34.4 Å². The number of nitrogens with zero attached hydrogens (tertiary/aromatic N) is 2. The van der Waals surface area contributed by atoms with E-state index in [2.05, 4.69) is 9.97 Å². The van der Waals surface area contributed by atoms with Crippen LogP contribution in [0.4, 0.5) is 0 Å². The van der Waals surface area contributed by atoms with Crippen molar-refractivity contribution in [3.8, 4) is 0 Å². The van der Waals surface area contributed by atoms with Crippen molar-refractivity contribution in [2.45, 2.75) is 22.3 Å². The summed E-state index contributed by atoms with van der Waals surface area (Å²) in [5.74, 6) is -2.49. The zero-order chi connectivity index (χ0) is 18.5. The number of para-hydroxylation sites is 2. The average molecular weight is 514 g/mol. The van der Waals surface area contributed by atoms with Crippen LogP contribution in [-0.2, 0) is 0 Å². The van der Waals surface area contributed by atoms with Gasteiger partial charge in [0.15, 0.2) is 0 Å². The largest absolute Gasteiger partial charge is 0.543 e. The van der Waals surface area contributed by atoms with Gasteiger partial charge in [-0.15, -0.1) is 0 Å². The van der Waals surface area contributed by atoms with Gasteiger partial charge in [0, 0.05) is 35.2 Å². The number of aromatic nitrogens is 2. The molecule has 2 aromatic heterocycles. The van der Waals surface area contributed by atoms with Crippen LogP contribution in [0.5, 0.6) is 0 Å². The summed E-state index contributed by atoms with van der Waals surface area (Å²) in [7, 11) is 0. The van der Waals surface area contributed by atoms with Gasteiger partial charge >= 0.3 is 0 Å². The van der Waals surface area contributed by atoms with Crippen LogP contribution in [0.1, 0.15) is 43.3 Å². The Hall–Kier alpha value is -2.98. The predicted molar refractivity (Wildman–Crippen MR) is 118 cm³/mol. The zero-order valence-electron chi connectivity index (χ0n) is 13.9. The molecule has 2 aromatic carbocycles. The molecule has 0 aliphatic carbocycles. The SMILES string of the molecule is C.C.C.O=C([O-])c1ccc2ccccc2n1.O=C([O-])c1ccc2ccccc2n1.[Sb]. The third kappa shape index (κ3) is 7.12. The van der Waals surface area contributed by atoms with Crippen LogP contribution in [0.25, 0.3) is 21.8 Å². The second kappa shape index (κ2) is 13.3. The first kappa shape index (κ1) is 29.2. The number of aromatic carboxylic acids is 2. The molecule has 157 valence electrons. The Balaban J connectivity index is 0. The number of carboxylic acids is 2. The minimum absolute atomic E-state index is 0. The number of benzene rings is 2. The van der Waals surface area contributed by atoms with Gasteiger partial charge in [0.25, 0.3) is 0 Å². The number of hydrogen-bond donors (Lipinski definition) is 0. The van der Waals surface area contributed by atoms with Crippen LogP contribution in [0.15, 0.2) is 72.8 Å². The third-order valence-corrected chi connectivity index (χ3v) is 3.62. The van der Waals surface area contributed by atoms with Gasteiger partial charge in [-0.1, -0.05) is 70.8 Å². The molecular weight excluding hydrogens is 490 g/mol. The molecule has 0 aliphatic rings. The summed E-state index contributed by atoms with van der Waals surface area (Å²) < 4.78 is 0. The summed E-state index contributed by atoms with van der Waals surface area (Å²) in [6.07, 6.45) is 0. The topological polar surface area (TPSA) is 106 Å². The Morgan fingerprint density at radius 1 is 0.567 bits per heavy atom. The van der Waals surface area contributed by atoms with Crippen molar-refractivity contribution in [3.63, 3.8) is 0 Å². The first-order valence-electron chi connectivity index (χ1n) is 7.69. The molecule has 6 nitrogen and oxygen atoms in total. The smallest absolute Gasteiger partial charge is 0.0900 e. The molecule has 4 rings (SSSR count). The van der Waals surface area contributed by atoms with Gasteiger partial charge in [0.1, 0.15) is 0 Å². The minimum atomic E-state index is -1.24. The van der Waals surface area contributed by atoms with Crippen LogP contribution in [-0.4, -0.2) is 46.3 Å². The van der Waals surface area contributed by atoms with E-state index >= 15 is 0 Å². The van der Waals surface area contributed by atoms with Crippen molar-refractivity contribution in [2.24, 2.45) is 0 Å². The molecule has 0 bridgehead atoms. The molecule has 0 atom stereocenters. The van der Waals surface area contributed by atoms with Gasteiger partial charge in [-0.25, -0.2) is 9.97 Å². The fourth-order valence-corrected chi connectivity index (χ4v) is 2.36. The third-order valence-electron chi connectivity index (χ3n) is 3.62. The molecule has 30 heavy (non-hydrogen) atoms. The van der Waals surface area contributed by atoms with Crippen LogP contribution < -0.4 is 10.2 Å². The van der Waals surface area contributed by atoms with Crippen LogP contribution in [0.2, 0.25) is 0 Å². The first-order chi connectivity index (χ1) is 12.5. The Morgan fingerprint density at radius 2 is 0.900 bits per heavy atom. The molecular formula is C23H24N2O4Sb-2. The van der Waals surface area contributed by atoms with E-state index in [1.54, 1.807) is 24.3 Å². The quantitative estimate of drug-likeness (QED) is 0.381. The molecule has 0 unspecified atom stereocenters. The van der Waals surface area contributed by atoms with Crippen molar-refractivity contribution in [3.05, 3.63) is 84.2 Å². The Morgan fingerprint density at radius 3 is 1.23 bits per heavy atom. The molecule has 2 heterocycles. The maximum atomic E-state index is 10.5. The molecule has 4 aromatic rings. The number of pyridine rings is 2. The van der Waals surface area contributed by atoms with Crippen molar-refractivity contribution in [1.29, 1.82) is 0 Å². The number of carboxylic acid groups (broad SMARTS) is 2. The first-order valence-corrected chi connectivity index (χ1v) is 7.69. The molecule has 3 radical (unpaired) electrons. The second-order valence-corrected chi connectivity index (χ2v) is 5.35. The normalized spacial score (nSPS) is 8.80. The van der Waals surface area contributed by atoms with Crippen molar-refractivity contribution in [2.75, 3.05) is 0 Å². The fraction of sp³-hybridized carbons (Fsp3) is 0.130. The number of fused-ring (bicyclic) bond motifs is 2. The zero-order valence-corrected chi connectivity index (χ0v) is 16.5. The fourth-order valence-electron chi connectivity index (χ4n) is 2.36. The van der Waals surface area contributed by atoms with E-state index in [4.69, 9.17) is 0 Å². The van der Waals surface area contributed by atoms with Crippen molar-refractivity contribution >= 4 is 58.2 Å². The standard InChI is InChI=1S/2C10H7NO2.3CH4.Sb/c2*12-10(13)9-6-5-7-3-1-2-4-8(7)11-9;;;;/h2*1-6H,(H,12,13);3*1H4;/p-2. The molecule has 0 spiro atoms. The van der Waals surface area contributed by atoms with E-state index in [1.165, 1.54) is 12.1 Å². The van der Waals surface area contributed by atoms with Crippen LogP contribution in [0.3, 0.4) is 0 Å². The summed E-state index contributed by atoms with van der Waals surface area (Å²) in [5.41, 5.74) is 1.28. The second-order valence-electron chi connectivity index (χ2n) is 5.35. The monoisotopic (exact) mass is 513 g/mol. The number of carbonyl (C=O) groups excluding carboxylic acids is 2. The van der Waals surface area contributed by atoms with Gasteiger partial charge in [-0.3, -0.25) is 0 Å². The number of hydrogen-bond acceptors (Lipinski definition) is 6. The van der Waals surface area contributed by atoms with Gasteiger partial charge in [-0.2, -0.15) is 0 Å². The number of rotatable bonds is 2. The van der Waals surface area contributed by atoms with Crippen LogP contribution in [0, 0.1) is 0 Å². The average Bonchev–Trinajstić information content (AvgIpc) is 2.67. The van der Waals surface area contributed by atoms with Gasteiger partial charge < -0.3 is 19.8 Å². The minimum Gasteiger partial charge on any atom is -0.543 e. The molecule has 0 N–H and O–H groups in total. The summed E-state index contributed by atoms with van der Waals surface area (Å²) in [5, 5.41) is 22.8. The maximum Gasteiger partial charge on any atom is 0.0900 e. The van der Waals surface area contributed by atoms with Crippen LogP contribution >= 0.6 is 0 Å². The number of carbonyl (C=O) groups is 2. The summed E-state index contributed by atoms with van der Waals surface area (Å²) >= 11 is 0. The maximum absolute atomic E-state index is 10.5. The van der Waals surface area contributed by atoms with Gasteiger partial charge in [0.2, 0.25) is 0 Å². The van der Waals surface area contributed by atoms with Gasteiger partial charge in [-0.05, 0) is 24.3 Å². The van der Waals surface area contributed by atoms with E-state index in [9.17, 15) is 19.8 Å². The van der Waals surface area contributed by atoms with E-state index in [0.29, 0.717) is 11.0 Å². The molecule has 0 amide bonds. The Bertz CT molecular complexity index is 1030.